The van der Waals surface area contributed by atoms with Crippen LogP contribution in [0.15, 0.2) is 12.1 Å². The van der Waals surface area contributed by atoms with Gasteiger partial charge < -0.3 is 30.1 Å². The summed E-state index contributed by atoms with van der Waals surface area (Å²) < 4.78 is 11.7. The van der Waals surface area contributed by atoms with Gasteiger partial charge in [-0.05, 0) is 6.07 Å². The van der Waals surface area contributed by atoms with E-state index in [1.54, 1.807) is 0 Å². The third-order valence-corrected chi connectivity index (χ3v) is 5.35. The van der Waals surface area contributed by atoms with Crippen LogP contribution in [0.4, 0.5) is 16.2 Å². The van der Waals surface area contributed by atoms with Crippen LogP contribution in [0.25, 0.3) is 0 Å². The number of rotatable bonds is 1. The van der Waals surface area contributed by atoms with Gasteiger partial charge in [-0.3, -0.25) is 0 Å². The number of likely N-dealkylation sites (tertiary alicyclic amines) is 1. The van der Waals surface area contributed by atoms with E-state index in [2.05, 4.69) is 4.90 Å². The average molecular weight is 333 g/mol. The molecule has 24 heavy (non-hydrogen) atoms. The highest BCUT2D eigenvalue weighted by molar-refractivity contribution is 5.72. The molecule has 3 aliphatic heterocycles. The van der Waals surface area contributed by atoms with Gasteiger partial charge >= 0.3 is 6.09 Å². The summed E-state index contributed by atoms with van der Waals surface area (Å²) in [6.07, 6.45) is 1.41. The van der Waals surface area contributed by atoms with Crippen molar-refractivity contribution < 1.29 is 19.4 Å². The van der Waals surface area contributed by atoms with Crippen LogP contribution in [0, 0.1) is 0 Å². The summed E-state index contributed by atoms with van der Waals surface area (Å²) in [5, 5.41) is 9.11. The van der Waals surface area contributed by atoms with E-state index in [1.165, 1.54) is 4.90 Å². The van der Waals surface area contributed by atoms with Gasteiger partial charge in [-0.2, -0.15) is 0 Å². The first-order valence-electron chi connectivity index (χ1n) is 8.48. The smallest absolute Gasteiger partial charge is 0.407 e. The summed E-state index contributed by atoms with van der Waals surface area (Å²) in [7, 11) is 0. The molecule has 7 heteroatoms. The van der Waals surface area contributed by atoms with Gasteiger partial charge in [0.05, 0.1) is 24.6 Å². The number of hydrogen-bond donors (Lipinski definition) is 2. The van der Waals surface area contributed by atoms with Crippen molar-refractivity contribution in [1.29, 1.82) is 0 Å². The van der Waals surface area contributed by atoms with Crippen LogP contribution in [0.3, 0.4) is 0 Å². The lowest BCUT2D eigenvalue weighted by atomic mass is 9.87. The quantitative estimate of drug-likeness (QED) is 0.758. The molecule has 1 amide bonds. The second-order valence-corrected chi connectivity index (χ2v) is 6.85. The van der Waals surface area contributed by atoms with E-state index >= 15 is 0 Å². The maximum atomic E-state index is 11.1. The third-order valence-electron chi connectivity index (χ3n) is 5.35. The zero-order chi connectivity index (χ0) is 16.7. The van der Waals surface area contributed by atoms with Gasteiger partial charge in [0.15, 0.2) is 0 Å². The van der Waals surface area contributed by atoms with Crippen molar-refractivity contribution in [2.45, 2.75) is 24.9 Å². The molecule has 4 rings (SSSR count). The number of amides is 1. The van der Waals surface area contributed by atoms with Gasteiger partial charge in [0, 0.05) is 57.1 Å². The number of piperidine rings is 1. The Morgan fingerprint density at radius 1 is 1.17 bits per heavy atom. The van der Waals surface area contributed by atoms with Crippen molar-refractivity contribution in [2.24, 2.45) is 0 Å². The van der Waals surface area contributed by atoms with Crippen LogP contribution in [-0.4, -0.2) is 61.1 Å². The summed E-state index contributed by atoms with van der Waals surface area (Å²) in [6, 6.07) is 4.08. The van der Waals surface area contributed by atoms with Crippen molar-refractivity contribution in [3.63, 3.8) is 0 Å². The van der Waals surface area contributed by atoms with Gasteiger partial charge in [0.1, 0.15) is 11.4 Å². The van der Waals surface area contributed by atoms with Crippen LogP contribution in [0.2, 0.25) is 0 Å². The first-order valence-corrected chi connectivity index (χ1v) is 8.48. The molecule has 0 saturated carbocycles. The summed E-state index contributed by atoms with van der Waals surface area (Å²) in [5.74, 6) is 0.898. The number of morpholine rings is 1. The highest BCUT2D eigenvalue weighted by Crippen LogP contribution is 2.44. The molecule has 0 atom stereocenters. The van der Waals surface area contributed by atoms with Crippen molar-refractivity contribution in [1.82, 2.24) is 4.90 Å². The second-order valence-electron chi connectivity index (χ2n) is 6.85. The first-order chi connectivity index (χ1) is 11.6. The van der Waals surface area contributed by atoms with Crippen LogP contribution in [0.1, 0.15) is 18.4 Å². The lowest BCUT2D eigenvalue weighted by Gasteiger charge is -2.37. The highest BCUT2D eigenvalue weighted by Gasteiger charge is 2.43. The molecular formula is C17H23N3O4. The van der Waals surface area contributed by atoms with Crippen LogP contribution in [-0.2, 0) is 11.2 Å². The molecule has 7 nitrogen and oxygen atoms in total. The Balaban J connectivity index is 1.53. The number of carboxylic acid groups (broad SMARTS) is 1. The molecule has 3 N–H and O–H groups in total. The Bertz CT molecular complexity index is 649. The van der Waals surface area contributed by atoms with Gasteiger partial charge in [-0.15, -0.1) is 0 Å². The monoisotopic (exact) mass is 333 g/mol. The normalized spacial score (nSPS) is 22.3. The number of nitrogen functional groups attached to an aromatic ring is 1. The van der Waals surface area contributed by atoms with Gasteiger partial charge in [-0.1, -0.05) is 0 Å². The Morgan fingerprint density at radius 3 is 2.54 bits per heavy atom. The fourth-order valence-electron chi connectivity index (χ4n) is 3.95. The maximum Gasteiger partial charge on any atom is 0.407 e. The molecule has 1 spiro atoms. The number of hydrogen-bond acceptors (Lipinski definition) is 5. The topological polar surface area (TPSA) is 88.3 Å². The van der Waals surface area contributed by atoms with E-state index in [9.17, 15) is 4.79 Å². The molecular weight excluding hydrogens is 310 g/mol. The summed E-state index contributed by atoms with van der Waals surface area (Å²) in [5.41, 5.74) is 8.93. The van der Waals surface area contributed by atoms with E-state index in [-0.39, 0.29) is 5.60 Å². The number of ether oxygens (including phenoxy) is 2. The number of nitrogens with zero attached hydrogens (tertiary/aromatic N) is 2. The second kappa shape index (κ2) is 5.73. The lowest BCUT2D eigenvalue weighted by molar-refractivity contribution is 0.0224. The molecule has 1 aromatic carbocycles. The number of benzene rings is 1. The largest absolute Gasteiger partial charge is 0.486 e. The number of carbonyl (C=O) groups is 1. The van der Waals surface area contributed by atoms with Crippen molar-refractivity contribution >= 4 is 17.5 Å². The predicted molar refractivity (Wildman–Crippen MR) is 89.8 cm³/mol. The molecule has 0 aromatic heterocycles. The van der Waals surface area contributed by atoms with Gasteiger partial charge in [0.2, 0.25) is 0 Å². The fraction of sp³-hybridized carbons (Fsp3) is 0.588. The van der Waals surface area contributed by atoms with Crippen LogP contribution in [0.5, 0.6) is 5.75 Å². The number of nitrogens with two attached hydrogens (primary N) is 1. The maximum absolute atomic E-state index is 11.1. The minimum Gasteiger partial charge on any atom is -0.486 e. The predicted octanol–water partition coefficient (Wildman–Crippen LogP) is 1.55. The van der Waals surface area contributed by atoms with Crippen LogP contribution < -0.4 is 15.4 Å². The van der Waals surface area contributed by atoms with Crippen molar-refractivity contribution in [3.8, 4) is 5.75 Å². The molecule has 3 heterocycles. The minimum atomic E-state index is -0.848. The zero-order valence-corrected chi connectivity index (χ0v) is 13.7. The van der Waals surface area contributed by atoms with Crippen molar-refractivity contribution in [3.05, 3.63) is 17.7 Å². The Hall–Kier alpha value is -2.15. The molecule has 2 saturated heterocycles. The molecule has 3 aliphatic rings. The Labute approximate surface area is 140 Å². The molecule has 0 radical (unpaired) electrons. The average Bonchev–Trinajstić information content (AvgIpc) is 2.91. The number of fused-ring (bicyclic) bond motifs is 1. The van der Waals surface area contributed by atoms with E-state index in [1.807, 2.05) is 12.1 Å². The molecule has 0 aliphatic carbocycles. The fourth-order valence-corrected chi connectivity index (χ4v) is 3.95. The SMILES string of the molecule is Nc1cc2c(cc1N1CCOCC1)OC1(CCN(C(=O)O)CC1)C2. The lowest BCUT2D eigenvalue weighted by Crippen LogP contribution is -2.48. The van der Waals surface area contributed by atoms with Crippen LogP contribution >= 0.6 is 0 Å². The van der Waals surface area contributed by atoms with E-state index in [0.29, 0.717) is 26.3 Å². The molecule has 1 aromatic rings. The molecule has 2 fully saturated rings. The first kappa shape index (κ1) is 15.4. The highest BCUT2D eigenvalue weighted by atomic mass is 16.5. The summed E-state index contributed by atoms with van der Waals surface area (Å²) in [4.78, 5) is 14.8. The Kier molecular flexibility index (Phi) is 3.68. The third kappa shape index (κ3) is 2.62. The van der Waals surface area contributed by atoms with Crippen molar-refractivity contribution in [2.75, 3.05) is 50.0 Å². The van der Waals surface area contributed by atoms with E-state index < -0.39 is 6.09 Å². The minimum absolute atomic E-state index is 0.273. The van der Waals surface area contributed by atoms with Gasteiger partial charge in [-0.25, -0.2) is 4.79 Å². The van der Waals surface area contributed by atoms with E-state index in [0.717, 1.165) is 55.0 Å². The molecule has 0 unspecified atom stereocenters. The summed E-state index contributed by atoms with van der Waals surface area (Å²) in [6.45, 7) is 4.15. The molecule has 130 valence electrons. The summed E-state index contributed by atoms with van der Waals surface area (Å²) >= 11 is 0. The van der Waals surface area contributed by atoms with Gasteiger partial charge in [0.25, 0.3) is 0 Å². The van der Waals surface area contributed by atoms with E-state index in [4.69, 9.17) is 20.3 Å². The molecule has 0 bridgehead atoms. The zero-order valence-electron chi connectivity index (χ0n) is 13.7. The standard InChI is InChI=1S/C17H23N3O4/c18-13-9-12-11-17(1-3-20(4-2-17)16(21)22)24-15(12)10-14(13)19-5-7-23-8-6-19/h9-10H,1-8,11,18H2,(H,21,22). The Morgan fingerprint density at radius 2 is 1.88 bits per heavy atom. The number of anilines is 2.